The summed E-state index contributed by atoms with van der Waals surface area (Å²) in [6.07, 6.45) is -4.44. The second kappa shape index (κ2) is 10.9. The number of halogens is 3. The number of hydrogen-bond donors (Lipinski definition) is 5. The van der Waals surface area contributed by atoms with Crippen molar-refractivity contribution in [2.75, 3.05) is 20.1 Å². The van der Waals surface area contributed by atoms with Crippen LogP contribution in [0.3, 0.4) is 0 Å². The largest absolute Gasteiger partial charge is 0.504 e. The number of phenols is 1. The normalized spacial score (nSPS) is 30.6. The molecule has 240 valence electrons. The van der Waals surface area contributed by atoms with E-state index < -0.39 is 65.7 Å². The minimum atomic E-state index is -5.08. The molecular weight excluding hydrogens is 597 g/mol. The Morgan fingerprint density at radius 3 is 2.50 bits per heavy atom. The first kappa shape index (κ1) is 31.5. The first-order chi connectivity index (χ1) is 20.5. The van der Waals surface area contributed by atoms with Crippen molar-refractivity contribution in [3.05, 3.63) is 35.1 Å². The zero-order valence-corrected chi connectivity index (χ0v) is 23.4. The third-order valence-corrected chi connectivity index (χ3v) is 9.31. The molecule has 13 nitrogen and oxygen atoms in total. The number of hydrogen-bond acceptors (Lipinski definition) is 10. The summed E-state index contributed by atoms with van der Waals surface area (Å²) in [6.45, 7) is 0.948. The molecule has 2 aliphatic carbocycles. The van der Waals surface area contributed by atoms with E-state index in [9.17, 15) is 42.9 Å². The van der Waals surface area contributed by atoms with Crippen LogP contribution in [0.4, 0.5) is 13.2 Å². The fraction of sp³-hybridized carbons (Fsp3) is 0.571. The number of alkyl halides is 3. The molecule has 16 heteroatoms. The molecule has 0 radical (unpaired) electrons. The van der Waals surface area contributed by atoms with E-state index in [1.807, 2.05) is 13.1 Å². The molecule has 1 spiro atoms. The summed E-state index contributed by atoms with van der Waals surface area (Å²) in [6, 6.07) is 2.36. The third-order valence-electron chi connectivity index (χ3n) is 9.31. The number of piperidine rings is 1. The molecule has 1 aromatic rings. The lowest BCUT2D eigenvalue weighted by Gasteiger charge is -2.61. The van der Waals surface area contributed by atoms with Gasteiger partial charge in [-0.25, -0.2) is 14.4 Å². The number of nitrogens with zero attached hydrogens (tertiary/aromatic N) is 2. The van der Waals surface area contributed by atoms with E-state index in [1.165, 1.54) is 4.90 Å². The number of carboxylic acids is 2. The molecule has 1 aromatic carbocycles. The Kier molecular flexibility index (Phi) is 7.83. The molecule has 44 heavy (non-hydrogen) atoms. The van der Waals surface area contributed by atoms with Crippen LogP contribution in [0.2, 0.25) is 0 Å². The molecule has 1 amide bonds. The number of aliphatic hydroxyl groups excluding tert-OH is 1. The van der Waals surface area contributed by atoms with Gasteiger partial charge < -0.3 is 44.8 Å². The Labute approximate surface area is 248 Å². The quantitative estimate of drug-likeness (QED) is 0.287. The van der Waals surface area contributed by atoms with Gasteiger partial charge in [0.2, 0.25) is 5.91 Å². The number of carboxylic acid groups (broad SMARTS) is 2. The van der Waals surface area contributed by atoms with Crippen molar-refractivity contribution in [3.63, 3.8) is 0 Å². The van der Waals surface area contributed by atoms with E-state index in [4.69, 9.17) is 24.5 Å². The summed E-state index contributed by atoms with van der Waals surface area (Å²) >= 11 is 0. The number of esters is 1. The van der Waals surface area contributed by atoms with Gasteiger partial charge in [0, 0.05) is 24.6 Å². The maximum Gasteiger partial charge on any atom is 0.490 e. The van der Waals surface area contributed by atoms with Crippen molar-refractivity contribution in [2.24, 2.45) is 0 Å². The zero-order valence-electron chi connectivity index (χ0n) is 23.4. The van der Waals surface area contributed by atoms with Crippen molar-refractivity contribution in [3.8, 4) is 11.5 Å². The van der Waals surface area contributed by atoms with Crippen LogP contribution in [-0.2, 0) is 35.8 Å². The molecular formula is C28H31F3N2O11. The average molecular weight is 629 g/mol. The van der Waals surface area contributed by atoms with Crippen LogP contribution >= 0.6 is 0 Å². The van der Waals surface area contributed by atoms with Crippen molar-refractivity contribution < 1.29 is 67.4 Å². The van der Waals surface area contributed by atoms with Gasteiger partial charge in [0.05, 0.1) is 17.4 Å². The Morgan fingerprint density at radius 2 is 1.86 bits per heavy atom. The van der Waals surface area contributed by atoms with Crippen LogP contribution in [0.5, 0.6) is 11.5 Å². The SMILES string of the molecule is CN1CC[C@]23c4c5ccc(O)c4O[C@H]2C(OC(=O)[C@@H]2CCCN2C(=O)C[C@H](O)C(=O)O)=CC[C@@]3(O)[C@H]1C5.O=C(O)C(F)(F)F. The van der Waals surface area contributed by atoms with Gasteiger partial charge in [0.15, 0.2) is 23.7 Å². The van der Waals surface area contributed by atoms with Crippen LogP contribution in [0, 0.1) is 0 Å². The van der Waals surface area contributed by atoms with Gasteiger partial charge in [-0.3, -0.25) is 4.79 Å². The molecule has 2 saturated heterocycles. The maximum atomic E-state index is 13.3. The molecule has 0 saturated carbocycles. The van der Waals surface area contributed by atoms with Crippen molar-refractivity contribution >= 4 is 23.8 Å². The number of ether oxygens (including phenoxy) is 2. The number of amides is 1. The smallest absolute Gasteiger partial charge is 0.490 e. The van der Waals surface area contributed by atoms with Crippen LogP contribution in [-0.4, -0.2) is 115 Å². The van der Waals surface area contributed by atoms with Gasteiger partial charge in [-0.1, -0.05) is 6.07 Å². The summed E-state index contributed by atoms with van der Waals surface area (Å²) in [5, 5.41) is 48.5. The number of phenolic OH excluding ortho intramolecular Hbond substituents is 1. The fourth-order valence-corrected chi connectivity index (χ4v) is 7.30. The molecule has 5 N–H and O–H groups in total. The van der Waals surface area contributed by atoms with Crippen LogP contribution in [0.1, 0.15) is 43.2 Å². The van der Waals surface area contributed by atoms with Gasteiger partial charge in [-0.15, -0.1) is 0 Å². The molecule has 2 bridgehead atoms. The molecule has 0 aromatic heterocycles. The van der Waals surface area contributed by atoms with E-state index in [2.05, 4.69) is 4.90 Å². The minimum absolute atomic E-state index is 0.0301. The molecule has 2 fully saturated rings. The maximum absolute atomic E-state index is 13.3. The van der Waals surface area contributed by atoms with E-state index in [-0.39, 0.29) is 30.5 Å². The summed E-state index contributed by atoms with van der Waals surface area (Å²) in [4.78, 5) is 49.2. The third kappa shape index (κ3) is 4.84. The second-order valence-corrected chi connectivity index (χ2v) is 11.6. The summed E-state index contributed by atoms with van der Waals surface area (Å²) < 4.78 is 43.9. The van der Waals surface area contributed by atoms with Gasteiger partial charge in [0.1, 0.15) is 11.8 Å². The number of likely N-dealkylation sites (tertiary alicyclic amines) is 2. The molecule has 0 unspecified atom stereocenters. The first-order valence-corrected chi connectivity index (χ1v) is 13.9. The number of likely N-dealkylation sites (N-methyl/N-ethyl adjacent to an activating group) is 1. The Hall–Kier alpha value is -3.89. The molecule has 5 aliphatic rings. The highest BCUT2D eigenvalue weighted by Crippen LogP contribution is 2.65. The Balaban J connectivity index is 0.000000493. The summed E-state index contributed by atoms with van der Waals surface area (Å²) in [7, 11) is 1.98. The van der Waals surface area contributed by atoms with E-state index in [0.29, 0.717) is 38.0 Å². The van der Waals surface area contributed by atoms with Gasteiger partial charge >= 0.3 is 24.1 Å². The van der Waals surface area contributed by atoms with E-state index >= 15 is 0 Å². The van der Waals surface area contributed by atoms with E-state index in [0.717, 1.165) is 11.1 Å². The van der Waals surface area contributed by atoms with Crippen LogP contribution < -0.4 is 4.74 Å². The average Bonchev–Trinajstić information content (AvgIpc) is 3.57. The van der Waals surface area contributed by atoms with Crippen LogP contribution in [0.25, 0.3) is 0 Å². The standard InChI is InChI=1S/C26H30N2O9.C2HF3O2/c1-27-10-8-25-20-13-4-5-15(29)21(20)37-22(25)17(6-7-26(25,35)18(27)11-13)36-24(34)14-3-2-9-28(14)19(31)12-16(30)23(32)33;3-2(4,5)1(6)7/h4-6,14,16,18,22,29-30,35H,2-3,7-12H2,1H3,(H,32,33);(H,6,7)/t14-,16-,18+,22-,25-,26+;/m0./s1. The number of carbonyl (C=O) groups is 4. The van der Waals surface area contributed by atoms with Crippen molar-refractivity contribution in [1.29, 1.82) is 0 Å². The Bertz CT molecular complexity index is 1430. The highest BCUT2D eigenvalue weighted by atomic mass is 19.4. The highest BCUT2D eigenvalue weighted by Gasteiger charge is 2.72. The fourth-order valence-electron chi connectivity index (χ4n) is 7.30. The van der Waals surface area contributed by atoms with Gasteiger partial charge in [0.25, 0.3) is 0 Å². The highest BCUT2D eigenvalue weighted by molar-refractivity contribution is 5.88. The monoisotopic (exact) mass is 628 g/mol. The number of aromatic hydroxyl groups is 1. The number of aliphatic carboxylic acids is 2. The minimum Gasteiger partial charge on any atom is -0.504 e. The van der Waals surface area contributed by atoms with Gasteiger partial charge in [-0.2, -0.15) is 13.2 Å². The lowest BCUT2D eigenvalue weighted by Crippen LogP contribution is -2.74. The summed E-state index contributed by atoms with van der Waals surface area (Å²) in [5.41, 5.74) is -0.304. The Morgan fingerprint density at radius 1 is 1.18 bits per heavy atom. The lowest BCUT2D eigenvalue weighted by molar-refractivity contribution is -0.192. The molecule has 3 heterocycles. The summed E-state index contributed by atoms with van der Waals surface area (Å²) in [5.74, 6) is -5.04. The number of benzene rings is 1. The number of rotatable bonds is 5. The van der Waals surface area contributed by atoms with E-state index in [1.54, 1.807) is 12.1 Å². The predicted molar refractivity (Wildman–Crippen MR) is 139 cm³/mol. The second-order valence-electron chi connectivity index (χ2n) is 11.6. The van der Waals surface area contributed by atoms with Crippen molar-refractivity contribution in [2.45, 2.75) is 80.0 Å². The lowest BCUT2D eigenvalue weighted by atomic mass is 9.50. The van der Waals surface area contributed by atoms with Crippen molar-refractivity contribution in [1.82, 2.24) is 9.80 Å². The number of aliphatic hydroxyl groups is 2. The number of carbonyl (C=O) groups excluding carboxylic acids is 2. The van der Waals surface area contributed by atoms with Gasteiger partial charge in [-0.05, 0) is 57.0 Å². The molecule has 6 atom stereocenters. The topological polar surface area (TPSA) is 194 Å². The predicted octanol–water partition coefficient (Wildman–Crippen LogP) is 0.673. The molecule has 3 aliphatic heterocycles. The zero-order chi connectivity index (χ0) is 32.4. The first-order valence-electron chi connectivity index (χ1n) is 13.9. The van der Waals surface area contributed by atoms with Crippen LogP contribution in [0.15, 0.2) is 24.0 Å². The molecule has 6 rings (SSSR count).